The Hall–Kier alpha value is -1.02. The lowest BCUT2D eigenvalue weighted by atomic mass is 10.1. The van der Waals surface area contributed by atoms with Gasteiger partial charge in [0.1, 0.15) is 5.60 Å². The zero-order valence-corrected chi connectivity index (χ0v) is 18.1. The van der Waals surface area contributed by atoms with Crippen LogP contribution in [0.2, 0.25) is 10.0 Å². The van der Waals surface area contributed by atoms with Gasteiger partial charge in [0.25, 0.3) is 0 Å². The van der Waals surface area contributed by atoms with Crippen LogP contribution in [0.15, 0.2) is 18.2 Å². The molecular formula is C18H26Cl2N2O4S. The van der Waals surface area contributed by atoms with Gasteiger partial charge < -0.3 is 10.1 Å². The average molecular weight is 437 g/mol. The molecule has 1 unspecified atom stereocenters. The SMILES string of the molecule is CC(C)(C)OC(=O)NCC1CCCCN1S(=O)(=O)Cc1cc(Cl)ccc1Cl. The third-order valence-electron chi connectivity index (χ3n) is 4.16. The van der Waals surface area contributed by atoms with E-state index in [4.69, 9.17) is 27.9 Å². The molecule has 2 rings (SSSR count). The predicted molar refractivity (Wildman–Crippen MR) is 108 cm³/mol. The van der Waals surface area contributed by atoms with E-state index in [-0.39, 0.29) is 18.3 Å². The summed E-state index contributed by atoms with van der Waals surface area (Å²) in [5.74, 6) is -0.227. The van der Waals surface area contributed by atoms with Gasteiger partial charge in [0.15, 0.2) is 0 Å². The molecule has 1 fully saturated rings. The fourth-order valence-electron chi connectivity index (χ4n) is 2.99. The third kappa shape index (κ3) is 6.82. The highest BCUT2D eigenvalue weighted by Crippen LogP contribution is 2.27. The van der Waals surface area contributed by atoms with Crippen LogP contribution in [0.1, 0.15) is 45.6 Å². The summed E-state index contributed by atoms with van der Waals surface area (Å²) >= 11 is 12.1. The zero-order valence-electron chi connectivity index (χ0n) is 15.8. The monoisotopic (exact) mass is 436 g/mol. The summed E-state index contributed by atoms with van der Waals surface area (Å²) in [4.78, 5) is 11.9. The number of carbonyl (C=O) groups excluding carboxylic acids is 1. The topological polar surface area (TPSA) is 75.7 Å². The molecule has 0 aliphatic carbocycles. The van der Waals surface area contributed by atoms with Gasteiger partial charge >= 0.3 is 6.09 Å². The second-order valence-corrected chi connectivity index (χ2v) is 10.4. The van der Waals surface area contributed by atoms with Gasteiger partial charge in [-0.1, -0.05) is 29.6 Å². The minimum atomic E-state index is -3.61. The Balaban J connectivity index is 2.08. The van der Waals surface area contributed by atoms with Crippen LogP contribution in [0.4, 0.5) is 4.79 Å². The van der Waals surface area contributed by atoms with Crippen molar-refractivity contribution in [2.75, 3.05) is 13.1 Å². The minimum Gasteiger partial charge on any atom is -0.444 e. The van der Waals surface area contributed by atoms with E-state index in [1.165, 1.54) is 4.31 Å². The highest BCUT2D eigenvalue weighted by atomic mass is 35.5. The van der Waals surface area contributed by atoms with E-state index in [9.17, 15) is 13.2 Å². The molecule has 1 saturated heterocycles. The molecule has 0 radical (unpaired) electrons. The number of amides is 1. The van der Waals surface area contributed by atoms with Crippen LogP contribution in [0, 0.1) is 0 Å². The van der Waals surface area contributed by atoms with Gasteiger partial charge in [0.2, 0.25) is 10.0 Å². The van der Waals surface area contributed by atoms with E-state index in [1.807, 2.05) is 0 Å². The first kappa shape index (κ1) is 22.3. The fraction of sp³-hybridized carbons (Fsp3) is 0.611. The van der Waals surface area contributed by atoms with Crippen LogP contribution in [0.25, 0.3) is 0 Å². The number of ether oxygens (including phenoxy) is 1. The molecule has 27 heavy (non-hydrogen) atoms. The van der Waals surface area contributed by atoms with Crippen LogP contribution in [-0.2, 0) is 20.5 Å². The van der Waals surface area contributed by atoms with Crippen molar-refractivity contribution in [2.45, 2.75) is 57.4 Å². The Labute approximate surface area is 171 Å². The van der Waals surface area contributed by atoms with Crippen molar-refractivity contribution in [1.82, 2.24) is 9.62 Å². The molecule has 1 aromatic rings. The highest BCUT2D eigenvalue weighted by molar-refractivity contribution is 7.88. The number of nitrogens with one attached hydrogen (secondary N) is 1. The number of piperidine rings is 1. The van der Waals surface area contributed by atoms with E-state index in [0.29, 0.717) is 28.6 Å². The van der Waals surface area contributed by atoms with E-state index >= 15 is 0 Å². The van der Waals surface area contributed by atoms with Crippen molar-refractivity contribution in [3.63, 3.8) is 0 Å². The third-order valence-corrected chi connectivity index (χ3v) is 6.63. The summed E-state index contributed by atoms with van der Waals surface area (Å²) in [7, 11) is -3.61. The van der Waals surface area contributed by atoms with E-state index < -0.39 is 21.7 Å². The highest BCUT2D eigenvalue weighted by Gasteiger charge is 2.33. The summed E-state index contributed by atoms with van der Waals surface area (Å²) < 4.78 is 32.7. The smallest absolute Gasteiger partial charge is 0.407 e. The lowest BCUT2D eigenvalue weighted by molar-refractivity contribution is 0.0512. The van der Waals surface area contributed by atoms with Crippen LogP contribution >= 0.6 is 23.2 Å². The average Bonchev–Trinajstić information content (AvgIpc) is 2.55. The lowest BCUT2D eigenvalue weighted by Gasteiger charge is -2.35. The summed E-state index contributed by atoms with van der Waals surface area (Å²) in [5, 5.41) is 3.48. The number of nitrogens with zero attached hydrogens (tertiary/aromatic N) is 1. The molecule has 6 nitrogen and oxygen atoms in total. The Morgan fingerprint density at radius 2 is 2.00 bits per heavy atom. The zero-order chi connectivity index (χ0) is 20.2. The molecule has 0 spiro atoms. The summed E-state index contributed by atoms with van der Waals surface area (Å²) in [6.07, 6.45) is 1.82. The number of halogens is 2. The molecule has 1 aromatic carbocycles. The van der Waals surface area contributed by atoms with Crippen molar-refractivity contribution in [3.05, 3.63) is 33.8 Å². The number of sulfonamides is 1. The van der Waals surface area contributed by atoms with Crippen molar-refractivity contribution in [2.24, 2.45) is 0 Å². The van der Waals surface area contributed by atoms with Crippen molar-refractivity contribution >= 4 is 39.3 Å². The number of hydrogen-bond acceptors (Lipinski definition) is 4. The van der Waals surface area contributed by atoms with Gasteiger partial charge in [0.05, 0.1) is 5.75 Å². The normalized spacial score (nSPS) is 18.9. The number of alkyl carbamates (subject to hydrolysis) is 1. The summed E-state index contributed by atoms with van der Waals surface area (Å²) in [6, 6.07) is 4.47. The first-order chi connectivity index (χ1) is 12.5. The lowest BCUT2D eigenvalue weighted by Crippen LogP contribution is -2.50. The molecular weight excluding hydrogens is 411 g/mol. The van der Waals surface area contributed by atoms with E-state index in [0.717, 1.165) is 12.8 Å². The van der Waals surface area contributed by atoms with Crippen molar-refractivity contribution in [3.8, 4) is 0 Å². The Morgan fingerprint density at radius 1 is 1.30 bits per heavy atom. The van der Waals surface area contributed by atoms with Gasteiger partial charge in [0, 0.05) is 29.2 Å². The molecule has 0 saturated carbocycles. The Bertz CT molecular complexity index is 778. The van der Waals surface area contributed by atoms with Gasteiger partial charge in [-0.25, -0.2) is 13.2 Å². The largest absolute Gasteiger partial charge is 0.444 e. The second kappa shape index (κ2) is 8.99. The summed E-state index contributed by atoms with van der Waals surface area (Å²) in [5.41, 5.74) is -0.139. The second-order valence-electron chi connectivity index (χ2n) is 7.64. The molecule has 1 aliphatic rings. The summed E-state index contributed by atoms with van der Waals surface area (Å²) in [6.45, 7) is 5.95. The number of carbonyl (C=O) groups is 1. The number of benzene rings is 1. The Kier molecular flexibility index (Phi) is 7.41. The van der Waals surface area contributed by atoms with Crippen LogP contribution in [0.5, 0.6) is 0 Å². The van der Waals surface area contributed by atoms with Crippen LogP contribution in [0.3, 0.4) is 0 Å². The van der Waals surface area contributed by atoms with E-state index in [1.54, 1.807) is 39.0 Å². The quantitative estimate of drug-likeness (QED) is 0.749. The predicted octanol–water partition coefficient (Wildman–Crippen LogP) is 4.20. The maximum atomic E-state index is 13.0. The molecule has 0 aromatic heterocycles. The fourth-order valence-corrected chi connectivity index (χ4v) is 5.29. The first-order valence-corrected chi connectivity index (χ1v) is 11.2. The van der Waals surface area contributed by atoms with E-state index in [2.05, 4.69) is 5.32 Å². The molecule has 1 aliphatic heterocycles. The Morgan fingerprint density at radius 3 is 2.67 bits per heavy atom. The molecule has 1 heterocycles. The minimum absolute atomic E-state index is 0.206. The molecule has 9 heteroatoms. The van der Waals surface area contributed by atoms with Crippen LogP contribution in [-0.4, -0.2) is 43.5 Å². The standard InChI is InChI=1S/C18H26Cl2N2O4S/c1-18(2,3)26-17(23)21-11-15-6-4-5-9-22(15)27(24,25)12-13-10-14(19)7-8-16(13)20/h7-8,10,15H,4-6,9,11-12H2,1-3H3,(H,21,23). The maximum absolute atomic E-state index is 13.0. The first-order valence-electron chi connectivity index (χ1n) is 8.88. The van der Waals surface area contributed by atoms with Gasteiger partial charge in [-0.05, 0) is 57.4 Å². The molecule has 0 bridgehead atoms. The van der Waals surface area contributed by atoms with Crippen LogP contribution < -0.4 is 5.32 Å². The molecule has 1 amide bonds. The van der Waals surface area contributed by atoms with Crippen molar-refractivity contribution in [1.29, 1.82) is 0 Å². The van der Waals surface area contributed by atoms with Crippen molar-refractivity contribution < 1.29 is 17.9 Å². The van der Waals surface area contributed by atoms with Gasteiger partial charge in [-0.2, -0.15) is 4.31 Å². The molecule has 1 atom stereocenters. The van der Waals surface area contributed by atoms with Gasteiger partial charge in [-0.15, -0.1) is 0 Å². The molecule has 152 valence electrons. The molecule has 1 N–H and O–H groups in total. The number of rotatable bonds is 5. The van der Waals surface area contributed by atoms with Gasteiger partial charge in [-0.3, -0.25) is 0 Å². The maximum Gasteiger partial charge on any atom is 0.407 e. The number of hydrogen-bond donors (Lipinski definition) is 1.